The summed E-state index contributed by atoms with van der Waals surface area (Å²) in [5.41, 5.74) is 21.9. The van der Waals surface area contributed by atoms with Crippen LogP contribution < -0.4 is 20.1 Å². The molecule has 0 bridgehead atoms. The molecule has 2 N–H and O–H groups in total. The molecule has 0 spiro atoms. The van der Waals surface area contributed by atoms with Crippen LogP contribution in [0, 0.1) is 0 Å². The number of benzene rings is 4. The Morgan fingerprint density at radius 2 is 1.07 bits per heavy atom. The Morgan fingerprint density at radius 1 is 0.656 bits per heavy atom. The van der Waals surface area contributed by atoms with Gasteiger partial charge < -0.3 is 39.1 Å². The maximum atomic E-state index is 12.6. The van der Waals surface area contributed by atoms with Gasteiger partial charge in [0.25, 0.3) is 0 Å². The predicted molar refractivity (Wildman–Crippen MR) is 225 cm³/mol. The van der Waals surface area contributed by atoms with Crippen LogP contribution in [0.5, 0.6) is 11.5 Å². The number of hydrogen-bond acceptors (Lipinski definition) is 12. The molecule has 0 heterocycles. The number of amides is 2. The minimum atomic E-state index is -0.925. The van der Waals surface area contributed by atoms with E-state index in [4.69, 9.17) is 39.5 Å². The van der Waals surface area contributed by atoms with E-state index in [9.17, 15) is 19.2 Å². The molecule has 5 rings (SSSR count). The molecule has 0 fully saturated rings. The van der Waals surface area contributed by atoms with Crippen molar-refractivity contribution in [1.82, 2.24) is 10.6 Å². The van der Waals surface area contributed by atoms with E-state index in [0.29, 0.717) is 11.5 Å². The van der Waals surface area contributed by atoms with Crippen LogP contribution in [0.25, 0.3) is 32.0 Å². The number of nitrogens with zero attached hydrogens (tertiary/aromatic N) is 6. The smallest absolute Gasteiger partial charge is 0.408 e. The number of carbonyl (C=O) groups excluding carboxylic acids is 4. The van der Waals surface area contributed by atoms with Gasteiger partial charge in [0.2, 0.25) is 0 Å². The summed E-state index contributed by atoms with van der Waals surface area (Å²) in [4.78, 5) is 53.9. The number of alkyl carbamates (subject to hydrolysis) is 2. The van der Waals surface area contributed by atoms with Crippen molar-refractivity contribution >= 4 is 24.1 Å². The van der Waals surface area contributed by atoms with Crippen LogP contribution in [-0.2, 0) is 41.4 Å². The number of methoxy groups -OCH3 is 2. The number of azide groups is 2. The molecular weight excluding hydrogens is 789 g/mol. The average Bonchev–Trinajstić information content (AvgIpc) is 3.56. The Balaban J connectivity index is 0.000000340. The number of carbonyl (C=O) groups is 4. The highest BCUT2D eigenvalue weighted by Gasteiger charge is 2.30. The highest BCUT2D eigenvalue weighted by Crippen LogP contribution is 2.44. The normalized spacial score (nSPS) is 12.0. The molecule has 4 aromatic rings. The van der Waals surface area contributed by atoms with Gasteiger partial charge >= 0.3 is 24.1 Å². The van der Waals surface area contributed by atoms with E-state index < -0.39 is 41.8 Å². The summed E-state index contributed by atoms with van der Waals surface area (Å²) >= 11 is 0. The van der Waals surface area contributed by atoms with Crippen LogP contribution in [0.1, 0.15) is 56.4 Å². The quantitative estimate of drug-likeness (QED) is 0.0358. The summed E-state index contributed by atoms with van der Waals surface area (Å²) in [5.74, 6) is -0.203. The summed E-state index contributed by atoms with van der Waals surface area (Å²) in [6.45, 7) is 5.11. The Hall–Kier alpha value is -7.42. The monoisotopic (exact) mass is 838 g/mol. The summed E-state index contributed by atoms with van der Waals surface area (Å²) < 4.78 is 30.8. The van der Waals surface area contributed by atoms with Crippen LogP contribution in [0.2, 0.25) is 0 Å². The van der Waals surface area contributed by atoms with E-state index in [1.165, 1.54) is 14.2 Å². The van der Waals surface area contributed by atoms with Crippen molar-refractivity contribution in [3.8, 4) is 22.6 Å². The zero-order chi connectivity index (χ0) is 43.5. The fraction of sp³-hybridized carbons (Fsp3) is 0.349. The lowest BCUT2D eigenvalue weighted by Gasteiger charge is -2.22. The second kappa shape index (κ2) is 23.9. The van der Waals surface area contributed by atoms with E-state index in [0.717, 1.165) is 33.4 Å². The highest BCUT2D eigenvalue weighted by atomic mass is 16.6. The molecule has 4 aromatic carbocycles. The minimum absolute atomic E-state index is 0. The highest BCUT2D eigenvalue weighted by molar-refractivity contribution is 5.83. The van der Waals surface area contributed by atoms with Gasteiger partial charge in [0.05, 0.1) is 14.2 Å². The first-order valence-corrected chi connectivity index (χ1v) is 18.6. The Labute approximate surface area is 353 Å². The van der Waals surface area contributed by atoms with Crippen molar-refractivity contribution in [1.29, 1.82) is 0 Å². The third-order valence-corrected chi connectivity index (χ3v) is 8.73. The third-order valence-electron chi connectivity index (χ3n) is 8.73. The molecule has 18 nitrogen and oxygen atoms in total. The molecule has 2 unspecified atom stereocenters. The van der Waals surface area contributed by atoms with Gasteiger partial charge in [-0.3, -0.25) is 0 Å². The molecule has 0 saturated heterocycles. The van der Waals surface area contributed by atoms with Crippen LogP contribution in [0.15, 0.2) is 107 Å². The van der Waals surface area contributed by atoms with Gasteiger partial charge in [-0.25, -0.2) is 19.2 Å². The lowest BCUT2D eigenvalue weighted by molar-refractivity contribution is -0.143. The second-order valence-corrected chi connectivity index (χ2v) is 14.0. The third kappa shape index (κ3) is 15.0. The van der Waals surface area contributed by atoms with Crippen LogP contribution >= 0.6 is 0 Å². The van der Waals surface area contributed by atoms with Crippen LogP contribution in [0.4, 0.5) is 9.59 Å². The molecule has 322 valence electrons. The van der Waals surface area contributed by atoms with Gasteiger partial charge in [-0.05, 0) is 89.5 Å². The van der Waals surface area contributed by atoms with Gasteiger partial charge in [-0.15, -0.1) is 0 Å². The fourth-order valence-corrected chi connectivity index (χ4v) is 6.08. The van der Waals surface area contributed by atoms with Crippen molar-refractivity contribution in [2.75, 3.05) is 34.3 Å². The molecule has 0 aliphatic heterocycles. The lowest BCUT2D eigenvalue weighted by Crippen LogP contribution is -2.45. The van der Waals surface area contributed by atoms with Crippen LogP contribution in [-0.4, -0.2) is 76.1 Å². The number of fused-ring (bicyclic) bond motifs is 3. The Morgan fingerprint density at radius 3 is 1.46 bits per heavy atom. The zero-order valence-electron chi connectivity index (χ0n) is 33.8. The number of ether oxygens (including phenoxy) is 6. The first kappa shape index (κ1) is 48.0. The predicted octanol–water partition coefficient (Wildman–Crippen LogP) is 8.53. The molecule has 1 aliphatic carbocycles. The molecule has 0 aromatic heterocycles. The number of hydrogen-bond donors (Lipinski definition) is 2. The summed E-state index contributed by atoms with van der Waals surface area (Å²) in [6, 6.07) is 28.0. The van der Waals surface area contributed by atoms with Crippen molar-refractivity contribution in [3.63, 3.8) is 0 Å². The molecular formula is C43H50N8O10. The molecule has 2 atom stereocenters. The fourth-order valence-electron chi connectivity index (χ4n) is 6.08. The summed E-state index contributed by atoms with van der Waals surface area (Å²) in [7, 11) is 2.51. The van der Waals surface area contributed by atoms with Gasteiger partial charge in [-0.1, -0.05) is 90.5 Å². The molecule has 2 amide bonds. The number of esters is 2. The number of rotatable bonds is 16. The maximum Gasteiger partial charge on any atom is 0.408 e. The van der Waals surface area contributed by atoms with E-state index in [-0.39, 0.29) is 46.3 Å². The first-order valence-electron chi connectivity index (χ1n) is 18.6. The first-order chi connectivity index (χ1) is 28.8. The van der Waals surface area contributed by atoms with Crippen LogP contribution in [0.3, 0.4) is 0 Å². The summed E-state index contributed by atoms with van der Waals surface area (Å²) in [5, 5.41) is 11.7. The topological polar surface area (TPSA) is 245 Å². The zero-order valence-corrected chi connectivity index (χ0v) is 33.8. The molecule has 0 saturated carbocycles. The SMILES string of the molecule is C.COC(=O)C(Cc1ccc(OCN=[N+]=[N-])cc1)NC(=O)OC(C)(C)C.COC(=O)C(Cc1ccc(OCN=[N+]=[N-])cc1)NC(=O)OCC1c2ccccc2-c2ccccc21. The van der Waals surface area contributed by atoms with Gasteiger partial charge in [-0.2, -0.15) is 0 Å². The standard InChI is InChI=1S/C26H24N4O5.C16H22N4O5.CH4/c1-33-25(31)24(14-17-10-12-18(13-11-17)35-16-28-30-27)29-26(32)34-15-23-21-8-4-2-6-19(21)20-7-3-5-9-22(20)23;1-16(2,3)25-15(22)19-13(14(21)23-4)9-11-5-7-12(8-6-11)24-10-18-20-17;/h2-13,23-24H,14-16H2,1H3,(H,29,32);5-8,13H,9-10H2,1-4H3,(H,19,22);1H4. The minimum Gasteiger partial charge on any atom is -0.488 e. The summed E-state index contributed by atoms with van der Waals surface area (Å²) in [6.07, 6.45) is -0.968. The van der Waals surface area contributed by atoms with Crippen molar-refractivity contribution in [2.24, 2.45) is 10.2 Å². The Bertz CT molecular complexity index is 2140. The molecule has 61 heavy (non-hydrogen) atoms. The Kier molecular flexibility index (Phi) is 18.8. The van der Waals surface area contributed by atoms with E-state index >= 15 is 0 Å². The largest absolute Gasteiger partial charge is 0.488 e. The molecule has 0 radical (unpaired) electrons. The van der Waals surface area contributed by atoms with E-state index in [1.54, 1.807) is 69.3 Å². The number of nitrogens with one attached hydrogen (secondary N) is 2. The van der Waals surface area contributed by atoms with Gasteiger partial charge in [0, 0.05) is 28.6 Å². The molecule has 1 aliphatic rings. The maximum absolute atomic E-state index is 12.6. The van der Waals surface area contributed by atoms with Gasteiger partial charge in [0.1, 0.15) is 35.8 Å². The lowest BCUT2D eigenvalue weighted by atomic mass is 9.98. The molecule has 18 heteroatoms. The van der Waals surface area contributed by atoms with E-state index in [1.807, 2.05) is 36.4 Å². The van der Waals surface area contributed by atoms with Crippen molar-refractivity contribution in [2.45, 2.75) is 64.6 Å². The van der Waals surface area contributed by atoms with Crippen molar-refractivity contribution < 1.29 is 47.6 Å². The second-order valence-electron chi connectivity index (χ2n) is 14.0. The average molecular weight is 839 g/mol. The van der Waals surface area contributed by atoms with Gasteiger partial charge in [0.15, 0.2) is 13.5 Å². The van der Waals surface area contributed by atoms with Crippen molar-refractivity contribution in [3.05, 3.63) is 140 Å². The van der Waals surface area contributed by atoms with E-state index in [2.05, 4.69) is 42.8 Å².